The Labute approximate surface area is 165 Å². The van der Waals surface area contributed by atoms with Crippen LogP contribution in [-0.4, -0.2) is 34.4 Å². The lowest BCUT2D eigenvalue weighted by molar-refractivity contribution is 0.355. The van der Waals surface area contributed by atoms with Crippen LogP contribution in [0.1, 0.15) is 0 Å². The van der Waals surface area contributed by atoms with Crippen molar-refractivity contribution in [3.05, 3.63) is 53.8 Å². The number of benzene rings is 2. The Morgan fingerprint density at radius 3 is 2.54 bits per heavy atom. The summed E-state index contributed by atoms with van der Waals surface area (Å²) in [6.45, 7) is 0. The van der Waals surface area contributed by atoms with E-state index >= 15 is 0 Å². The molecule has 8 nitrogen and oxygen atoms in total. The van der Waals surface area contributed by atoms with Crippen LogP contribution in [-0.2, 0) is 0 Å². The molecule has 0 atom stereocenters. The van der Waals surface area contributed by atoms with Crippen LogP contribution in [0.4, 0.5) is 23.0 Å². The number of hydrogen-bond acceptors (Lipinski definition) is 7. The third-order valence-electron chi connectivity index (χ3n) is 4.09. The van der Waals surface area contributed by atoms with Crippen molar-refractivity contribution in [2.45, 2.75) is 0 Å². The van der Waals surface area contributed by atoms with Gasteiger partial charge in [-0.15, -0.1) is 0 Å². The predicted molar refractivity (Wildman–Crippen MR) is 109 cm³/mol. The van der Waals surface area contributed by atoms with Gasteiger partial charge in [0.2, 0.25) is 0 Å². The summed E-state index contributed by atoms with van der Waals surface area (Å²) in [6, 6.07) is 12.9. The summed E-state index contributed by atoms with van der Waals surface area (Å²) in [5, 5.41) is 15.1. The molecule has 142 valence electrons. The van der Waals surface area contributed by atoms with Gasteiger partial charge in [-0.1, -0.05) is 17.7 Å². The number of nitrogens with one attached hydrogen (secondary N) is 3. The molecule has 0 amide bonds. The normalized spacial score (nSPS) is 10.7. The lowest BCUT2D eigenvalue weighted by Crippen LogP contribution is -1.98. The maximum absolute atomic E-state index is 6.07. The van der Waals surface area contributed by atoms with Crippen LogP contribution in [0, 0.1) is 0 Å². The molecular weight excluding hydrogens is 380 g/mol. The molecule has 3 N–H and O–H groups in total. The molecule has 4 aromatic rings. The van der Waals surface area contributed by atoms with Crippen LogP contribution in [0.2, 0.25) is 5.02 Å². The highest BCUT2D eigenvalue weighted by Gasteiger charge is 2.14. The number of hydrogen-bond donors (Lipinski definition) is 3. The van der Waals surface area contributed by atoms with Crippen LogP contribution in [0.3, 0.4) is 0 Å². The van der Waals surface area contributed by atoms with E-state index in [1.807, 2.05) is 42.5 Å². The van der Waals surface area contributed by atoms with Gasteiger partial charge in [0.05, 0.1) is 14.2 Å². The van der Waals surface area contributed by atoms with Crippen molar-refractivity contribution in [2.75, 3.05) is 24.9 Å². The lowest BCUT2D eigenvalue weighted by Gasteiger charge is -2.11. The molecule has 9 heteroatoms. The van der Waals surface area contributed by atoms with Gasteiger partial charge in [0.25, 0.3) is 0 Å². The van der Waals surface area contributed by atoms with Crippen LogP contribution >= 0.6 is 11.6 Å². The Kier molecular flexibility index (Phi) is 4.86. The van der Waals surface area contributed by atoms with Crippen molar-refractivity contribution in [3.63, 3.8) is 0 Å². The third kappa shape index (κ3) is 3.49. The smallest absolute Gasteiger partial charge is 0.188 e. The lowest BCUT2D eigenvalue weighted by atomic mass is 10.2. The van der Waals surface area contributed by atoms with Gasteiger partial charge in [-0.25, -0.2) is 9.97 Å². The van der Waals surface area contributed by atoms with Gasteiger partial charge in [0, 0.05) is 22.5 Å². The molecule has 0 saturated carbocycles. The number of aromatic amines is 1. The van der Waals surface area contributed by atoms with Gasteiger partial charge in [-0.2, -0.15) is 5.10 Å². The van der Waals surface area contributed by atoms with E-state index in [0.29, 0.717) is 33.8 Å². The first-order chi connectivity index (χ1) is 13.7. The first kappa shape index (κ1) is 17.9. The summed E-state index contributed by atoms with van der Waals surface area (Å²) in [6.07, 6.45) is 1.45. The molecule has 28 heavy (non-hydrogen) atoms. The molecule has 0 aliphatic rings. The molecular formula is C19H17ClN6O2. The highest BCUT2D eigenvalue weighted by atomic mass is 35.5. The number of halogens is 1. The number of aromatic nitrogens is 4. The molecule has 2 aromatic carbocycles. The molecule has 0 aliphatic heterocycles. The Hall–Kier alpha value is -3.52. The van der Waals surface area contributed by atoms with E-state index in [2.05, 4.69) is 30.8 Å². The Morgan fingerprint density at radius 1 is 0.929 bits per heavy atom. The minimum Gasteiger partial charge on any atom is -0.493 e. The molecule has 4 rings (SSSR count). The number of H-pyrrole nitrogens is 1. The molecule has 0 aliphatic carbocycles. The second-order valence-electron chi connectivity index (χ2n) is 5.85. The minimum absolute atomic E-state index is 0.530. The summed E-state index contributed by atoms with van der Waals surface area (Å²) in [5.41, 5.74) is 2.13. The van der Waals surface area contributed by atoms with E-state index in [0.717, 1.165) is 16.8 Å². The fourth-order valence-corrected chi connectivity index (χ4v) is 2.99. The average molecular weight is 397 g/mol. The van der Waals surface area contributed by atoms with Gasteiger partial charge < -0.3 is 20.1 Å². The first-order valence-corrected chi connectivity index (χ1v) is 8.76. The zero-order chi connectivity index (χ0) is 19.5. The highest BCUT2D eigenvalue weighted by molar-refractivity contribution is 6.30. The fourth-order valence-electron chi connectivity index (χ4n) is 2.80. The number of ether oxygens (including phenoxy) is 2. The van der Waals surface area contributed by atoms with E-state index in [1.165, 1.54) is 6.33 Å². The van der Waals surface area contributed by atoms with Gasteiger partial charge >= 0.3 is 0 Å². The van der Waals surface area contributed by atoms with Crippen LogP contribution in [0.25, 0.3) is 11.0 Å². The van der Waals surface area contributed by atoms with E-state index in [-0.39, 0.29) is 0 Å². The minimum atomic E-state index is 0.530. The number of anilines is 4. The first-order valence-electron chi connectivity index (χ1n) is 8.38. The van der Waals surface area contributed by atoms with Gasteiger partial charge in [-0.3, -0.25) is 5.10 Å². The average Bonchev–Trinajstić information content (AvgIpc) is 3.12. The van der Waals surface area contributed by atoms with Gasteiger partial charge in [0.1, 0.15) is 23.3 Å². The number of fused-ring (bicyclic) bond motifs is 1. The largest absolute Gasteiger partial charge is 0.493 e. The highest BCUT2D eigenvalue weighted by Crippen LogP contribution is 2.34. The summed E-state index contributed by atoms with van der Waals surface area (Å²) < 4.78 is 10.6. The quantitative estimate of drug-likeness (QED) is 0.441. The summed E-state index contributed by atoms with van der Waals surface area (Å²) in [5.74, 6) is 2.51. The van der Waals surface area contributed by atoms with E-state index in [9.17, 15) is 0 Å². The zero-order valence-electron chi connectivity index (χ0n) is 15.2. The van der Waals surface area contributed by atoms with Crippen LogP contribution in [0.5, 0.6) is 11.5 Å². The van der Waals surface area contributed by atoms with Crippen molar-refractivity contribution in [3.8, 4) is 11.5 Å². The second-order valence-corrected chi connectivity index (χ2v) is 6.29. The maximum atomic E-state index is 6.07. The molecule has 0 spiro atoms. The summed E-state index contributed by atoms with van der Waals surface area (Å²) in [7, 11) is 3.19. The van der Waals surface area contributed by atoms with Crippen molar-refractivity contribution in [1.82, 2.24) is 20.2 Å². The number of nitrogens with zero attached hydrogens (tertiary/aromatic N) is 3. The predicted octanol–water partition coefficient (Wildman–Crippen LogP) is 4.51. The van der Waals surface area contributed by atoms with E-state index in [4.69, 9.17) is 21.1 Å². The molecule has 2 aromatic heterocycles. The molecule has 0 unspecified atom stereocenters. The third-order valence-corrected chi connectivity index (χ3v) is 4.33. The maximum Gasteiger partial charge on any atom is 0.188 e. The molecule has 0 radical (unpaired) electrons. The van der Waals surface area contributed by atoms with Crippen molar-refractivity contribution >= 4 is 45.6 Å². The monoisotopic (exact) mass is 396 g/mol. The van der Waals surface area contributed by atoms with Crippen LogP contribution in [0.15, 0.2) is 48.8 Å². The Morgan fingerprint density at radius 2 is 1.75 bits per heavy atom. The summed E-state index contributed by atoms with van der Waals surface area (Å²) in [4.78, 5) is 8.58. The summed E-state index contributed by atoms with van der Waals surface area (Å²) >= 11 is 6.07. The SMILES string of the molecule is COc1ccc(Nc2[nH]nc3ncnc(Nc4cccc(Cl)c4)c23)cc1OC. The van der Waals surface area contributed by atoms with Crippen molar-refractivity contribution in [2.24, 2.45) is 0 Å². The van der Waals surface area contributed by atoms with E-state index in [1.54, 1.807) is 14.2 Å². The van der Waals surface area contributed by atoms with Gasteiger partial charge in [0.15, 0.2) is 17.1 Å². The van der Waals surface area contributed by atoms with Crippen molar-refractivity contribution < 1.29 is 9.47 Å². The standard InChI is InChI=1S/C19H17ClN6O2/c1-27-14-7-6-13(9-15(14)28-2)24-19-16-17(21-10-22-18(16)25-26-19)23-12-5-3-4-11(20)8-12/h3-10H,1-2H3,(H3,21,22,23,24,25,26). The molecule has 0 fully saturated rings. The zero-order valence-corrected chi connectivity index (χ0v) is 15.9. The van der Waals surface area contributed by atoms with Crippen LogP contribution < -0.4 is 20.1 Å². The van der Waals surface area contributed by atoms with Gasteiger partial charge in [-0.05, 0) is 30.3 Å². The van der Waals surface area contributed by atoms with Crippen molar-refractivity contribution in [1.29, 1.82) is 0 Å². The Bertz CT molecular complexity index is 1130. The Balaban J connectivity index is 1.70. The molecule has 0 saturated heterocycles. The second kappa shape index (κ2) is 7.61. The van der Waals surface area contributed by atoms with E-state index < -0.39 is 0 Å². The molecule has 2 heterocycles. The number of methoxy groups -OCH3 is 2. The number of rotatable bonds is 6. The topological polar surface area (TPSA) is 97.0 Å². The fraction of sp³-hybridized carbons (Fsp3) is 0.105. The molecule has 0 bridgehead atoms.